The minimum atomic E-state index is -0.417. The highest BCUT2D eigenvalue weighted by atomic mass is 16.2. The highest BCUT2D eigenvalue weighted by Gasteiger charge is 2.21. The molecule has 1 aliphatic heterocycles. The van der Waals surface area contributed by atoms with Gasteiger partial charge in [-0.3, -0.25) is 25.2 Å². The van der Waals surface area contributed by atoms with Crippen LogP contribution in [0.15, 0.2) is 42.5 Å². The molecule has 0 atom stereocenters. The van der Waals surface area contributed by atoms with Crippen LogP contribution in [0.2, 0.25) is 0 Å². The van der Waals surface area contributed by atoms with E-state index in [4.69, 9.17) is 0 Å². The molecule has 7 nitrogen and oxygen atoms in total. The van der Waals surface area contributed by atoms with Gasteiger partial charge in [0.25, 0.3) is 11.8 Å². The van der Waals surface area contributed by atoms with Crippen LogP contribution in [-0.4, -0.2) is 30.8 Å². The van der Waals surface area contributed by atoms with Crippen LogP contribution in [0.25, 0.3) is 0 Å². The van der Waals surface area contributed by atoms with Gasteiger partial charge in [-0.05, 0) is 56.2 Å². The minimum Gasteiger partial charge on any atom is -0.376 e. The fourth-order valence-corrected chi connectivity index (χ4v) is 3.14. The summed E-state index contributed by atoms with van der Waals surface area (Å²) in [5.41, 5.74) is 9.05. The Bertz CT molecular complexity index is 893. The van der Waals surface area contributed by atoms with E-state index in [9.17, 15) is 14.4 Å². The van der Waals surface area contributed by atoms with E-state index in [2.05, 4.69) is 16.2 Å². The molecule has 0 aliphatic carbocycles. The normalized spacial score (nSPS) is 13.4. The molecular formula is C21H24N4O3. The Kier molecular flexibility index (Phi) is 5.93. The summed E-state index contributed by atoms with van der Waals surface area (Å²) < 4.78 is 0. The molecule has 0 unspecified atom stereocenters. The Labute approximate surface area is 164 Å². The van der Waals surface area contributed by atoms with E-state index < -0.39 is 5.91 Å². The van der Waals surface area contributed by atoms with Crippen molar-refractivity contribution in [2.24, 2.45) is 0 Å². The minimum absolute atomic E-state index is 0.0419. The Morgan fingerprint density at radius 1 is 1.04 bits per heavy atom. The molecular weight excluding hydrogens is 356 g/mol. The molecule has 7 heteroatoms. The molecule has 1 fully saturated rings. The van der Waals surface area contributed by atoms with Crippen molar-refractivity contribution in [1.82, 2.24) is 10.9 Å². The van der Waals surface area contributed by atoms with Gasteiger partial charge in [0, 0.05) is 29.9 Å². The van der Waals surface area contributed by atoms with Crippen LogP contribution in [0.3, 0.4) is 0 Å². The third-order valence-electron chi connectivity index (χ3n) is 4.65. The largest absolute Gasteiger partial charge is 0.376 e. The van der Waals surface area contributed by atoms with Gasteiger partial charge < -0.3 is 10.2 Å². The lowest BCUT2D eigenvalue weighted by atomic mass is 10.1. The standard InChI is InChI=1S/C21H24N4O3/c1-14-5-10-18(15(2)12-14)22-13-19(26)23-24-21(28)16-6-8-17(9-7-16)25-11-3-4-20(25)27/h5-10,12,22H,3-4,11,13H2,1-2H3,(H,23,26)(H,24,28). The van der Waals surface area contributed by atoms with Gasteiger partial charge in [0.15, 0.2) is 0 Å². The van der Waals surface area contributed by atoms with E-state index >= 15 is 0 Å². The fraction of sp³-hybridized carbons (Fsp3) is 0.286. The SMILES string of the molecule is Cc1ccc(NCC(=O)NNC(=O)c2ccc(N3CCCC3=O)cc2)c(C)c1. The van der Waals surface area contributed by atoms with E-state index in [1.807, 2.05) is 32.0 Å². The number of aryl methyl sites for hydroxylation is 2. The molecule has 3 amide bonds. The van der Waals surface area contributed by atoms with Gasteiger partial charge in [-0.15, -0.1) is 0 Å². The summed E-state index contributed by atoms with van der Waals surface area (Å²) in [6.45, 7) is 4.72. The summed E-state index contributed by atoms with van der Waals surface area (Å²) in [6, 6.07) is 12.7. The van der Waals surface area contributed by atoms with Crippen molar-refractivity contribution >= 4 is 29.1 Å². The quantitative estimate of drug-likeness (QED) is 0.695. The summed E-state index contributed by atoms with van der Waals surface area (Å²) in [7, 11) is 0. The first-order valence-corrected chi connectivity index (χ1v) is 9.25. The zero-order chi connectivity index (χ0) is 20.1. The van der Waals surface area contributed by atoms with Crippen molar-refractivity contribution in [1.29, 1.82) is 0 Å². The molecule has 1 saturated heterocycles. The van der Waals surface area contributed by atoms with Gasteiger partial charge >= 0.3 is 0 Å². The summed E-state index contributed by atoms with van der Waals surface area (Å²) in [5.74, 6) is -0.674. The predicted octanol–water partition coefficient (Wildman–Crippen LogP) is 2.30. The molecule has 146 valence electrons. The van der Waals surface area contributed by atoms with Gasteiger partial charge in [-0.2, -0.15) is 0 Å². The van der Waals surface area contributed by atoms with Crippen molar-refractivity contribution < 1.29 is 14.4 Å². The van der Waals surface area contributed by atoms with Crippen LogP contribution in [0.1, 0.15) is 34.3 Å². The third-order valence-corrected chi connectivity index (χ3v) is 4.65. The Balaban J connectivity index is 1.48. The zero-order valence-electron chi connectivity index (χ0n) is 16.0. The summed E-state index contributed by atoms with van der Waals surface area (Å²) >= 11 is 0. The first-order chi connectivity index (χ1) is 13.4. The maximum Gasteiger partial charge on any atom is 0.269 e. The van der Waals surface area contributed by atoms with E-state index in [1.54, 1.807) is 29.2 Å². The Hall–Kier alpha value is -3.35. The van der Waals surface area contributed by atoms with Gasteiger partial charge in [0.2, 0.25) is 5.91 Å². The highest BCUT2D eigenvalue weighted by molar-refractivity contribution is 5.98. The van der Waals surface area contributed by atoms with Gasteiger partial charge in [0.1, 0.15) is 0 Å². The zero-order valence-corrected chi connectivity index (χ0v) is 16.0. The monoisotopic (exact) mass is 380 g/mol. The molecule has 0 bridgehead atoms. The topological polar surface area (TPSA) is 90.5 Å². The number of hydrogen-bond donors (Lipinski definition) is 3. The number of hydrazine groups is 1. The van der Waals surface area contributed by atoms with Gasteiger partial charge in [-0.1, -0.05) is 17.7 Å². The van der Waals surface area contributed by atoms with Crippen molar-refractivity contribution in [3.8, 4) is 0 Å². The number of benzene rings is 2. The maximum atomic E-state index is 12.2. The maximum absolute atomic E-state index is 12.2. The molecule has 0 spiro atoms. The average molecular weight is 380 g/mol. The second-order valence-electron chi connectivity index (χ2n) is 6.87. The summed E-state index contributed by atoms with van der Waals surface area (Å²) in [5, 5.41) is 3.05. The Morgan fingerprint density at radius 3 is 2.43 bits per heavy atom. The molecule has 3 N–H and O–H groups in total. The molecule has 1 aliphatic rings. The second kappa shape index (κ2) is 8.56. The lowest BCUT2D eigenvalue weighted by Crippen LogP contribution is -2.44. The number of rotatable bonds is 5. The first kappa shape index (κ1) is 19.4. The van der Waals surface area contributed by atoms with Crippen LogP contribution in [0.5, 0.6) is 0 Å². The van der Waals surface area contributed by atoms with Crippen molar-refractivity contribution in [3.63, 3.8) is 0 Å². The lowest BCUT2D eigenvalue weighted by Gasteiger charge is -2.16. The van der Waals surface area contributed by atoms with Crippen LogP contribution in [0.4, 0.5) is 11.4 Å². The van der Waals surface area contributed by atoms with E-state index in [0.717, 1.165) is 28.9 Å². The Morgan fingerprint density at radius 2 is 1.79 bits per heavy atom. The molecule has 0 saturated carbocycles. The second-order valence-corrected chi connectivity index (χ2v) is 6.87. The van der Waals surface area contributed by atoms with Crippen molar-refractivity contribution in [2.45, 2.75) is 26.7 Å². The first-order valence-electron chi connectivity index (χ1n) is 9.25. The van der Waals surface area contributed by atoms with Crippen LogP contribution in [0, 0.1) is 13.8 Å². The van der Waals surface area contributed by atoms with Gasteiger partial charge in [-0.25, -0.2) is 0 Å². The van der Waals surface area contributed by atoms with E-state index in [-0.39, 0.29) is 18.4 Å². The predicted molar refractivity (Wildman–Crippen MR) is 108 cm³/mol. The summed E-state index contributed by atoms with van der Waals surface area (Å²) in [4.78, 5) is 37.6. The number of anilines is 2. The van der Waals surface area contributed by atoms with E-state index in [0.29, 0.717) is 18.5 Å². The molecule has 0 radical (unpaired) electrons. The molecule has 1 heterocycles. The molecule has 0 aromatic heterocycles. The number of carbonyl (C=O) groups excluding carboxylic acids is 3. The van der Waals surface area contributed by atoms with Crippen LogP contribution < -0.4 is 21.1 Å². The summed E-state index contributed by atoms with van der Waals surface area (Å²) in [6.07, 6.45) is 1.41. The molecule has 3 rings (SSSR count). The van der Waals surface area contributed by atoms with E-state index in [1.165, 1.54) is 0 Å². The van der Waals surface area contributed by atoms with Crippen molar-refractivity contribution in [2.75, 3.05) is 23.3 Å². The third kappa shape index (κ3) is 4.68. The smallest absolute Gasteiger partial charge is 0.269 e. The number of hydrogen-bond acceptors (Lipinski definition) is 4. The average Bonchev–Trinajstić information content (AvgIpc) is 3.11. The number of nitrogens with zero attached hydrogens (tertiary/aromatic N) is 1. The number of carbonyl (C=O) groups is 3. The number of nitrogens with one attached hydrogen (secondary N) is 3. The molecule has 2 aromatic carbocycles. The van der Waals surface area contributed by atoms with Crippen LogP contribution >= 0.6 is 0 Å². The lowest BCUT2D eigenvalue weighted by molar-refractivity contribution is -0.120. The van der Waals surface area contributed by atoms with Gasteiger partial charge in [0.05, 0.1) is 6.54 Å². The number of amides is 3. The highest BCUT2D eigenvalue weighted by Crippen LogP contribution is 2.21. The fourth-order valence-electron chi connectivity index (χ4n) is 3.14. The molecule has 28 heavy (non-hydrogen) atoms. The van der Waals surface area contributed by atoms with Crippen molar-refractivity contribution in [3.05, 3.63) is 59.2 Å². The molecule has 2 aromatic rings. The van der Waals surface area contributed by atoms with Crippen LogP contribution in [-0.2, 0) is 9.59 Å².